The van der Waals surface area contributed by atoms with Crippen LogP contribution in [0.15, 0.2) is 28.7 Å². The molecule has 0 aliphatic heterocycles. The summed E-state index contributed by atoms with van der Waals surface area (Å²) in [5.74, 6) is -1.60. The second-order valence-corrected chi connectivity index (χ2v) is 5.74. The van der Waals surface area contributed by atoms with Crippen LogP contribution in [-0.4, -0.2) is 11.1 Å². The van der Waals surface area contributed by atoms with E-state index in [0.29, 0.717) is 21.2 Å². The summed E-state index contributed by atoms with van der Waals surface area (Å²) in [6.45, 7) is 3.52. The summed E-state index contributed by atoms with van der Waals surface area (Å²) in [6, 6.07) is 6.43. The maximum atomic E-state index is 14.3. The molecule has 0 unspecified atom stereocenters. The summed E-state index contributed by atoms with van der Waals surface area (Å²) in [4.78, 5) is 11.2. The first-order chi connectivity index (χ1) is 9.32. The average molecular weight is 358 g/mol. The monoisotopic (exact) mass is 356 g/mol. The van der Waals surface area contributed by atoms with Crippen LogP contribution in [0.1, 0.15) is 21.5 Å². The highest BCUT2D eigenvalue weighted by Gasteiger charge is 2.17. The lowest BCUT2D eigenvalue weighted by molar-refractivity contribution is 0.0696. The van der Waals surface area contributed by atoms with E-state index in [9.17, 15) is 9.18 Å². The van der Waals surface area contributed by atoms with E-state index in [0.717, 1.165) is 5.56 Å². The molecule has 5 heteroatoms. The lowest BCUT2D eigenvalue weighted by Crippen LogP contribution is -2.02. The molecule has 0 bridgehead atoms. The molecule has 0 spiro atoms. The van der Waals surface area contributed by atoms with Gasteiger partial charge in [-0.05, 0) is 58.6 Å². The van der Waals surface area contributed by atoms with Gasteiger partial charge in [0.25, 0.3) is 0 Å². The number of carboxylic acid groups (broad SMARTS) is 1. The quantitative estimate of drug-likeness (QED) is 0.748. The van der Waals surface area contributed by atoms with Gasteiger partial charge in [-0.2, -0.15) is 0 Å². The van der Waals surface area contributed by atoms with Gasteiger partial charge in [-0.1, -0.05) is 23.7 Å². The Bertz CT molecular complexity index is 714. The van der Waals surface area contributed by atoms with E-state index in [1.165, 1.54) is 6.07 Å². The third kappa shape index (κ3) is 2.58. The van der Waals surface area contributed by atoms with Crippen molar-refractivity contribution < 1.29 is 14.3 Å². The average Bonchev–Trinajstić information content (AvgIpc) is 2.37. The molecule has 20 heavy (non-hydrogen) atoms. The second kappa shape index (κ2) is 5.54. The minimum atomic E-state index is -1.03. The van der Waals surface area contributed by atoms with Crippen molar-refractivity contribution in [2.75, 3.05) is 0 Å². The number of carboxylic acids is 1. The fourth-order valence-electron chi connectivity index (χ4n) is 2.11. The highest BCUT2D eigenvalue weighted by molar-refractivity contribution is 9.10. The SMILES string of the molecule is Cc1cc(C)c(-c2ccc(Br)c(Cl)c2F)cc1C(=O)O. The van der Waals surface area contributed by atoms with E-state index in [1.807, 2.05) is 6.92 Å². The van der Waals surface area contributed by atoms with Crippen LogP contribution in [-0.2, 0) is 0 Å². The first-order valence-electron chi connectivity index (χ1n) is 5.81. The second-order valence-electron chi connectivity index (χ2n) is 4.51. The third-order valence-corrected chi connectivity index (χ3v) is 4.39. The molecule has 0 aliphatic rings. The minimum Gasteiger partial charge on any atom is -0.478 e. The van der Waals surface area contributed by atoms with Crippen LogP contribution in [0.2, 0.25) is 5.02 Å². The lowest BCUT2D eigenvalue weighted by atomic mass is 9.94. The predicted molar refractivity (Wildman–Crippen MR) is 81.0 cm³/mol. The minimum absolute atomic E-state index is 0.0145. The predicted octanol–water partition coefficient (Wildman–Crippen LogP) is 5.22. The van der Waals surface area contributed by atoms with Gasteiger partial charge in [0.2, 0.25) is 0 Å². The molecule has 0 aliphatic carbocycles. The van der Waals surface area contributed by atoms with Crippen molar-refractivity contribution in [3.05, 3.63) is 56.3 Å². The molecule has 0 aromatic heterocycles. The van der Waals surface area contributed by atoms with Gasteiger partial charge >= 0.3 is 5.97 Å². The van der Waals surface area contributed by atoms with Gasteiger partial charge in [0, 0.05) is 10.0 Å². The van der Waals surface area contributed by atoms with Gasteiger partial charge in [-0.3, -0.25) is 0 Å². The Labute approximate surface area is 129 Å². The number of hydrogen-bond donors (Lipinski definition) is 1. The summed E-state index contributed by atoms with van der Waals surface area (Å²) >= 11 is 9.03. The number of benzene rings is 2. The van der Waals surface area contributed by atoms with Gasteiger partial charge in [-0.25, -0.2) is 9.18 Å². The van der Waals surface area contributed by atoms with Crippen LogP contribution in [0.25, 0.3) is 11.1 Å². The number of hydrogen-bond acceptors (Lipinski definition) is 1. The molecule has 0 amide bonds. The first kappa shape index (κ1) is 15.0. The number of aryl methyl sites for hydroxylation is 2. The topological polar surface area (TPSA) is 37.3 Å². The number of rotatable bonds is 2. The summed E-state index contributed by atoms with van der Waals surface area (Å²) in [6.07, 6.45) is 0. The van der Waals surface area contributed by atoms with E-state index in [1.54, 1.807) is 25.1 Å². The molecule has 0 radical (unpaired) electrons. The lowest BCUT2D eigenvalue weighted by Gasteiger charge is -2.12. The third-order valence-electron chi connectivity index (χ3n) is 3.13. The van der Waals surface area contributed by atoms with E-state index >= 15 is 0 Å². The van der Waals surface area contributed by atoms with Crippen molar-refractivity contribution in [1.29, 1.82) is 0 Å². The van der Waals surface area contributed by atoms with Gasteiger partial charge < -0.3 is 5.11 Å². The standard InChI is InChI=1S/C15H11BrClFO2/c1-7-5-8(2)11(15(19)20)6-10(7)9-3-4-12(16)13(17)14(9)18/h3-6H,1-2H3,(H,19,20). The summed E-state index contributed by atoms with van der Waals surface area (Å²) in [7, 11) is 0. The largest absolute Gasteiger partial charge is 0.478 e. The number of aromatic carboxylic acids is 1. The van der Waals surface area contributed by atoms with Crippen LogP contribution >= 0.6 is 27.5 Å². The van der Waals surface area contributed by atoms with Gasteiger partial charge in [0.15, 0.2) is 5.82 Å². The highest BCUT2D eigenvalue weighted by Crippen LogP contribution is 2.35. The molecule has 2 nitrogen and oxygen atoms in total. The van der Waals surface area contributed by atoms with Crippen LogP contribution < -0.4 is 0 Å². The Morgan fingerprint density at radius 1 is 1.20 bits per heavy atom. The molecule has 0 saturated carbocycles. The molecule has 0 saturated heterocycles. The van der Waals surface area contributed by atoms with E-state index in [-0.39, 0.29) is 10.6 Å². The van der Waals surface area contributed by atoms with Crippen molar-refractivity contribution >= 4 is 33.5 Å². The van der Waals surface area contributed by atoms with Crippen molar-refractivity contribution in [3.8, 4) is 11.1 Å². The molecule has 2 rings (SSSR count). The maximum absolute atomic E-state index is 14.3. The Hall–Kier alpha value is -1.39. The Morgan fingerprint density at radius 2 is 1.85 bits per heavy atom. The Balaban J connectivity index is 2.73. The maximum Gasteiger partial charge on any atom is 0.335 e. The zero-order chi connectivity index (χ0) is 15.0. The fraction of sp³-hybridized carbons (Fsp3) is 0.133. The molecule has 0 heterocycles. The van der Waals surface area contributed by atoms with Crippen molar-refractivity contribution in [2.45, 2.75) is 13.8 Å². The first-order valence-corrected chi connectivity index (χ1v) is 6.98. The van der Waals surface area contributed by atoms with Crippen LogP contribution in [0.5, 0.6) is 0 Å². The smallest absolute Gasteiger partial charge is 0.335 e. The highest BCUT2D eigenvalue weighted by atomic mass is 79.9. The van der Waals surface area contributed by atoms with E-state index in [4.69, 9.17) is 16.7 Å². The zero-order valence-corrected chi connectivity index (χ0v) is 13.1. The number of carbonyl (C=O) groups is 1. The molecule has 0 fully saturated rings. The molecule has 0 atom stereocenters. The normalized spacial score (nSPS) is 10.7. The Morgan fingerprint density at radius 3 is 2.45 bits per heavy atom. The molecule has 2 aromatic carbocycles. The van der Waals surface area contributed by atoms with E-state index < -0.39 is 11.8 Å². The fourth-order valence-corrected chi connectivity index (χ4v) is 2.58. The van der Waals surface area contributed by atoms with Gasteiger partial charge in [0.05, 0.1) is 10.6 Å². The zero-order valence-electron chi connectivity index (χ0n) is 10.8. The summed E-state index contributed by atoms with van der Waals surface area (Å²) < 4.78 is 14.7. The number of halogens is 3. The summed E-state index contributed by atoms with van der Waals surface area (Å²) in [5.41, 5.74) is 2.41. The molecule has 104 valence electrons. The molecular formula is C15H11BrClFO2. The molecular weight excluding hydrogens is 347 g/mol. The summed E-state index contributed by atoms with van der Waals surface area (Å²) in [5, 5.41) is 9.15. The van der Waals surface area contributed by atoms with Crippen molar-refractivity contribution in [3.63, 3.8) is 0 Å². The van der Waals surface area contributed by atoms with Crippen LogP contribution in [0.4, 0.5) is 4.39 Å². The van der Waals surface area contributed by atoms with Crippen LogP contribution in [0, 0.1) is 19.7 Å². The molecule has 1 N–H and O–H groups in total. The molecule has 2 aromatic rings. The Kier molecular flexibility index (Phi) is 4.16. The van der Waals surface area contributed by atoms with Gasteiger partial charge in [0.1, 0.15) is 0 Å². The van der Waals surface area contributed by atoms with E-state index in [2.05, 4.69) is 15.9 Å². The van der Waals surface area contributed by atoms with Crippen LogP contribution in [0.3, 0.4) is 0 Å². The van der Waals surface area contributed by atoms with Crippen molar-refractivity contribution in [2.24, 2.45) is 0 Å². The van der Waals surface area contributed by atoms with Gasteiger partial charge in [-0.15, -0.1) is 0 Å². The van der Waals surface area contributed by atoms with Crippen molar-refractivity contribution in [1.82, 2.24) is 0 Å².